The van der Waals surface area contributed by atoms with Crippen LogP contribution in [-0.4, -0.2) is 24.5 Å². The molecule has 0 aromatic carbocycles. The summed E-state index contributed by atoms with van der Waals surface area (Å²) in [6, 6.07) is 0. The third kappa shape index (κ3) is 1.75. The van der Waals surface area contributed by atoms with Crippen LogP contribution in [0.4, 0.5) is 0 Å². The van der Waals surface area contributed by atoms with Gasteiger partial charge in [0.2, 0.25) is 0 Å². The molecule has 0 aromatic rings. The third-order valence-corrected chi connectivity index (χ3v) is 2.34. The Morgan fingerprint density at radius 1 is 0.889 bits per heavy atom. The minimum Gasteiger partial charge on any atom is -0.311 e. The van der Waals surface area contributed by atoms with Crippen molar-refractivity contribution in [3.63, 3.8) is 0 Å². The van der Waals surface area contributed by atoms with Gasteiger partial charge in [-0.1, -0.05) is 0 Å². The Morgan fingerprint density at radius 3 is 1.44 bits per heavy atom. The van der Waals surface area contributed by atoms with Gasteiger partial charge < -0.3 is 10.8 Å². The summed E-state index contributed by atoms with van der Waals surface area (Å²) in [7, 11) is 0. The minimum absolute atomic E-state index is 0. The van der Waals surface area contributed by atoms with Crippen LogP contribution in [0.5, 0.6) is 0 Å². The number of rotatable bonds is 0. The van der Waals surface area contributed by atoms with Gasteiger partial charge in [0.15, 0.2) is 0 Å². The molecule has 3 aliphatic rings. The summed E-state index contributed by atoms with van der Waals surface area (Å²) in [6.45, 7) is 4.07. The summed E-state index contributed by atoms with van der Waals surface area (Å²) in [5.41, 5.74) is 0. The van der Waals surface area contributed by atoms with Gasteiger partial charge >= 0.3 is 32.7 Å². The largest absolute Gasteiger partial charge is 3.00 e. The predicted octanol–water partition coefficient (Wildman–Crippen LogP) is 1.06. The molecule has 0 spiro atoms. The first-order chi connectivity index (χ1) is 3.95. The number of fused-ring (bicyclic) bond motifs is 3. The van der Waals surface area contributed by atoms with Gasteiger partial charge in [0.25, 0.3) is 0 Å². The van der Waals surface area contributed by atoms with Crippen LogP contribution in [0.3, 0.4) is 0 Å². The molecule has 0 unspecified atom stereocenters. The topological polar surface area (TPSA) is 3.24 Å². The van der Waals surface area contributed by atoms with Crippen molar-refractivity contribution < 1.29 is 32.7 Å². The van der Waals surface area contributed by atoms with Gasteiger partial charge in [-0.25, -0.2) is 0 Å². The van der Waals surface area contributed by atoms with E-state index < -0.39 is 0 Å². The average Bonchev–Trinajstić information content (AvgIpc) is 1.92. The van der Waals surface area contributed by atoms with Gasteiger partial charge in [-0.2, -0.15) is 19.3 Å². The second-order valence-corrected chi connectivity index (χ2v) is 2.84. The smallest absolute Gasteiger partial charge is 0.311 e. The van der Waals surface area contributed by atoms with Crippen molar-refractivity contribution >= 4 is 0 Å². The Balaban J connectivity index is 0.000000405. The Hall–Kier alpha value is 1.06. The zero-order chi connectivity index (χ0) is 5.40. The fourth-order valence-electron chi connectivity index (χ4n) is 1.66. The normalized spacial score (nSPS) is 28.0. The van der Waals surface area contributed by atoms with Crippen LogP contribution in [0.25, 0.3) is 0 Å². The van der Waals surface area contributed by atoms with Crippen molar-refractivity contribution in [1.82, 2.24) is 4.90 Å². The monoisotopic (exact) mass is 199 g/mol. The molecule has 3 fully saturated rings. The van der Waals surface area contributed by atoms with Crippen molar-refractivity contribution in [1.29, 1.82) is 0 Å². The molecule has 0 aromatic heterocycles. The van der Waals surface area contributed by atoms with Crippen LogP contribution in [0.2, 0.25) is 0 Å². The van der Waals surface area contributed by atoms with E-state index in [0.717, 1.165) is 0 Å². The van der Waals surface area contributed by atoms with E-state index in [1.807, 2.05) is 5.92 Å². The summed E-state index contributed by atoms with van der Waals surface area (Å²) in [5.74, 6) is 1.83. The second-order valence-electron chi connectivity index (χ2n) is 2.84. The van der Waals surface area contributed by atoms with E-state index in [-0.39, 0.29) is 32.7 Å². The second kappa shape index (κ2) is 3.45. The summed E-state index contributed by atoms with van der Waals surface area (Å²) in [6.07, 6.45) is 4.21. The van der Waals surface area contributed by atoms with E-state index in [2.05, 4.69) is 4.90 Å². The summed E-state index contributed by atoms with van der Waals surface area (Å²) in [4.78, 5) is 2.56. The summed E-state index contributed by atoms with van der Waals surface area (Å²) < 4.78 is 0. The Bertz CT molecular complexity index is 63.9. The standard InChI is InChI=1S/C7H12N.Y/c1-4-8-5-2-7(1)3-6-8;/h1-6H2;/q-1;+3. The summed E-state index contributed by atoms with van der Waals surface area (Å²) in [5, 5.41) is 0. The van der Waals surface area contributed by atoms with E-state index in [4.69, 9.17) is 0 Å². The zero-order valence-corrected chi connectivity index (χ0v) is 8.61. The molecule has 3 heterocycles. The van der Waals surface area contributed by atoms with Crippen LogP contribution < -0.4 is 0 Å². The van der Waals surface area contributed by atoms with Crippen LogP contribution >= 0.6 is 0 Å². The molecule has 0 amide bonds. The molecule has 0 N–H and O–H groups in total. The molecule has 0 atom stereocenters. The number of nitrogens with zero attached hydrogens (tertiary/aromatic N) is 1. The predicted molar refractivity (Wildman–Crippen MR) is 33.5 cm³/mol. The third-order valence-electron chi connectivity index (χ3n) is 2.34. The Kier molecular flexibility index (Phi) is 3.13. The molecule has 2 heteroatoms. The molecule has 2 bridgehead atoms. The first-order valence-electron chi connectivity index (χ1n) is 3.51. The fraction of sp³-hybridized carbons (Fsp3) is 0.857. The van der Waals surface area contributed by atoms with E-state index >= 15 is 0 Å². The molecule has 1 nitrogen and oxygen atoms in total. The molecule has 3 aliphatic heterocycles. The molecule has 0 aliphatic carbocycles. The van der Waals surface area contributed by atoms with Gasteiger partial charge in [-0.15, -0.1) is 0 Å². The quantitative estimate of drug-likeness (QED) is 0.527. The Morgan fingerprint density at radius 2 is 1.33 bits per heavy atom. The number of piperidine rings is 3. The van der Waals surface area contributed by atoms with Gasteiger partial charge in [0.1, 0.15) is 0 Å². The van der Waals surface area contributed by atoms with E-state index in [1.165, 1.54) is 38.9 Å². The van der Waals surface area contributed by atoms with Crippen LogP contribution in [0.1, 0.15) is 19.3 Å². The van der Waals surface area contributed by atoms with Gasteiger partial charge in [0, 0.05) is 0 Å². The van der Waals surface area contributed by atoms with Crippen molar-refractivity contribution in [2.45, 2.75) is 19.3 Å². The van der Waals surface area contributed by atoms with Crippen molar-refractivity contribution in [3.05, 3.63) is 5.92 Å². The first-order valence-corrected chi connectivity index (χ1v) is 3.51. The maximum Gasteiger partial charge on any atom is 3.00 e. The Labute approximate surface area is 82.1 Å². The molecule has 0 saturated carbocycles. The number of hydrogen-bond donors (Lipinski definition) is 0. The molecule has 9 heavy (non-hydrogen) atoms. The average molecular weight is 199 g/mol. The molecule has 46 valence electrons. The molecular formula is C7H12NY+2. The zero-order valence-electron chi connectivity index (χ0n) is 5.77. The molecule has 0 radical (unpaired) electrons. The van der Waals surface area contributed by atoms with Gasteiger partial charge in [-0.3, -0.25) is 0 Å². The molecule has 3 saturated heterocycles. The number of hydrogen-bond acceptors (Lipinski definition) is 1. The van der Waals surface area contributed by atoms with Crippen LogP contribution in [-0.2, 0) is 32.7 Å². The SMILES string of the molecule is C1CN2CC[C-]1CC2.[Y+3]. The van der Waals surface area contributed by atoms with E-state index in [9.17, 15) is 0 Å². The van der Waals surface area contributed by atoms with Gasteiger partial charge in [0.05, 0.1) is 0 Å². The fourth-order valence-corrected chi connectivity index (χ4v) is 1.66. The molecule has 3 rings (SSSR count). The maximum absolute atomic E-state index is 2.56. The van der Waals surface area contributed by atoms with Crippen molar-refractivity contribution in [3.8, 4) is 0 Å². The maximum atomic E-state index is 2.56. The van der Waals surface area contributed by atoms with Crippen molar-refractivity contribution in [2.75, 3.05) is 19.6 Å². The van der Waals surface area contributed by atoms with E-state index in [0.29, 0.717) is 0 Å². The molecular weight excluding hydrogens is 187 g/mol. The van der Waals surface area contributed by atoms with E-state index in [1.54, 1.807) is 0 Å². The van der Waals surface area contributed by atoms with Crippen molar-refractivity contribution in [2.24, 2.45) is 0 Å². The van der Waals surface area contributed by atoms with Crippen LogP contribution in [0.15, 0.2) is 0 Å². The summed E-state index contributed by atoms with van der Waals surface area (Å²) >= 11 is 0. The first kappa shape index (κ1) is 8.16. The van der Waals surface area contributed by atoms with Crippen LogP contribution in [0, 0.1) is 5.92 Å². The minimum atomic E-state index is 0. The van der Waals surface area contributed by atoms with Gasteiger partial charge in [-0.05, 0) is 19.6 Å².